The number of nitrogens with zero attached hydrogens (tertiary/aromatic N) is 1. The summed E-state index contributed by atoms with van der Waals surface area (Å²) in [7, 11) is 0. The molecule has 3 heteroatoms. The average Bonchev–Trinajstić information content (AvgIpc) is 2.39. The number of rotatable bonds is 7. The van der Waals surface area contributed by atoms with Crippen molar-refractivity contribution in [2.24, 2.45) is 0 Å². The Morgan fingerprint density at radius 1 is 1.39 bits per heavy atom. The van der Waals surface area contributed by atoms with Crippen LogP contribution in [0.4, 0.5) is 0 Å². The van der Waals surface area contributed by atoms with Crippen molar-refractivity contribution >= 4 is 11.8 Å². The van der Waals surface area contributed by atoms with Gasteiger partial charge in [-0.2, -0.15) is 11.8 Å². The Balaban J connectivity index is 2.56. The number of hydrogen-bond donors (Lipinski definition) is 1. The molecule has 0 aromatic rings. The Morgan fingerprint density at radius 2 is 2.11 bits per heavy atom. The monoisotopic (exact) mass is 272 g/mol. The highest BCUT2D eigenvalue weighted by atomic mass is 32.2. The molecule has 1 aliphatic heterocycles. The lowest BCUT2D eigenvalue weighted by Gasteiger charge is -2.48. The minimum Gasteiger partial charge on any atom is -0.309 e. The summed E-state index contributed by atoms with van der Waals surface area (Å²) in [6, 6.07) is 1.45. The molecule has 0 spiro atoms. The third-order valence-corrected chi connectivity index (χ3v) is 5.40. The molecule has 0 saturated carbocycles. The smallest absolute Gasteiger partial charge is 0.0278 e. The van der Waals surface area contributed by atoms with Crippen molar-refractivity contribution in [1.29, 1.82) is 0 Å². The van der Waals surface area contributed by atoms with Crippen LogP contribution in [0.1, 0.15) is 53.9 Å². The molecule has 1 heterocycles. The van der Waals surface area contributed by atoms with Crippen molar-refractivity contribution in [3.63, 3.8) is 0 Å². The van der Waals surface area contributed by atoms with Crippen LogP contribution in [0.15, 0.2) is 0 Å². The molecule has 1 N–H and O–H groups in total. The fraction of sp³-hybridized carbons (Fsp3) is 1.00. The van der Waals surface area contributed by atoms with E-state index in [1.54, 1.807) is 0 Å². The van der Waals surface area contributed by atoms with Crippen LogP contribution in [0.5, 0.6) is 0 Å². The normalized spacial score (nSPS) is 31.5. The van der Waals surface area contributed by atoms with Gasteiger partial charge in [-0.25, -0.2) is 0 Å². The van der Waals surface area contributed by atoms with E-state index in [1.807, 2.05) is 0 Å². The molecule has 0 amide bonds. The van der Waals surface area contributed by atoms with E-state index in [0.717, 1.165) is 18.6 Å². The van der Waals surface area contributed by atoms with E-state index < -0.39 is 0 Å². The maximum Gasteiger partial charge on any atom is 0.0278 e. The van der Waals surface area contributed by atoms with E-state index in [9.17, 15) is 0 Å². The largest absolute Gasteiger partial charge is 0.309 e. The van der Waals surface area contributed by atoms with Gasteiger partial charge in [0, 0.05) is 30.7 Å². The van der Waals surface area contributed by atoms with Crippen LogP contribution >= 0.6 is 11.8 Å². The molecule has 18 heavy (non-hydrogen) atoms. The van der Waals surface area contributed by atoms with Gasteiger partial charge in [0.2, 0.25) is 0 Å². The van der Waals surface area contributed by atoms with Crippen LogP contribution in [-0.4, -0.2) is 47.1 Å². The number of piperazine rings is 1. The average molecular weight is 273 g/mol. The summed E-state index contributed by atoms with van der Waals surface area (Å²) in [5, 5.41) is 3.75. The maximum absolute atomic E-state index is 3.75. The molecule has 3 unspecified atom stereocenters. The predicted molar refractivity (Wildman–Crippen MR) is 84.6 cm³/mol. The van der Waals surface area contributed by atoms with Gasteiger partial charge in [0.1, 0.15) is 0 Å². The fourth-order valence-corrected chi connectivity index (χ4v) is 3.56. The molecule has 0 aliphatic carbocycles. The van der Waals surface area contributed by atoms with Gasteiger partial charge in [0.15, 0.2) is 0 Å². The zero-order valence-corrected chi connectivity index (χ0v) is 13.8. The van der Waals surface area contributed by atoms with Gasteiger partial charge in [-0.1, -0.05) is 20.8 Å². The zero-order valence-electron chi connectivity index (χ0n) is 13.0. The van der Waals surface area contributed by atoms with E-state index in [-0.39, 0.29) is 0 Å². The van der Waals surface area contributed by atoms with Gasteiger partial charge >= 0.3 is 0 Å². The van der Waals surface area contributed by atoms with Crippen LogP contribution in [0.3, 0.4) is 0 Å². The van der Waals surface area contributed by atoms with Gasteiger partial charge in [0.05, 0.1) is 0 Å². The number of nitrogens with one attached hydrogen (secondary N) is 1. The molecule has 108 valence electrons. The summed E-state index contributed by atoms with van der Waals surface area (Å²) < 4.78 is 0. The van der Waals surface area contributed by atoms with Crippen molar-refractivity contribution in [2.75, 3.05) is 24.6 Å². The van der Waals surface area contributed by atoms with Crippen molar-refractivity contribution in [1.82, 2.24) is 10.2 Å². The summed E-state index contributed by atoms with van der Waals surface area (Å²) in [6.45, 7) is 14.0. The summed E-state index contributed by atoms with van der Waals surface area (Å²) in [5.41, 5.74) is 0.317. The topological polar surface area (TPSA) is 15.3 Å². The lowest BCUT2D eigenvalue weighted by atomic mass is 9.91. The lowest BCUT2D eigenvalue weighted by Crippen LogP contribution is -2.64. The Labute approximate surface area is 118 Å². The fourth-order valence-electron chi connectivity index (χ4n) is 2.76. The minimum atomic E-state index is 0.317. The van der Waals surface area contributed by atoms with Gasteiger partial charge in [-0.05, 0) is 44.6 Å². The molecule has 0 bridgehead atoms. The zero-order chi connectivity index (χ0) is 13.6. The standard InChI is InChI=1S/C15H32N2S/c1-6-14-11-16-15(5,7-2)12-17(14)13(4)9-10-18-8-3/h13-14,16H,6-12H2,1-5H3. The molecule has 0 aromatic carbocycles. The first-order valence-electron chi connectivity index (χ1n) is 7.64. The van der Waals surface area contributed by atoms with E-state index in [0.29, 0.717) is 5.54 Å². The van der Waals surface area contributed by atoms with E-state index in [2.05, 4.69) is 56.6 Å². The molecule has 3 atom stereocenters. The lowest BCUT2D eigenvalue weighted by molar-refractivity contribution is 0.0489. The summed E-state index contributed by atoms with van der Waals surface area (Å²) in [6.07, 6.45) is 3.81. The Bertz CT molecular complexity index is 235. The molecular formula is C15H32N2S. The summed E-state index contributed by atoms with van der Waals surface area (Å²) in [4.78, 5) is 2.76. The highest BCUT2D eigenvalue weighted by molar-refractivity contribution is 7.99. The molecule has 0 aromatic heterocycles. The predicted octanol–water partition coefficient (Wildman–Crippen LogP) is 3.37. The molecule has 0 radical (unpaired) electrons. The second-order valence-electron chi connectivity index (χ2n) is 5.86. The first kappa shape index (κ1) is 16.3. The molecular weight excluding hydrogens is 240 g/mol. The van der Waals surface area contributed by atoms with Gasteiger partial charge in [-0.15, -0.1) is 0 Å². The minimum absolute atomic E-state index is 0.317. The van der Waals surface area contributed by atoms with Crippen LogP contribution in [0, 0.1) is 0 Å². The summed E-state index contributed by atoms with van der Waals surface area (Å²) in [5.74, 6) is 2.55. The second-order valence-corrected chi connectivity index (χ2v) is 7.26. The number of thioether (sulfide) groups is 1. The third-order valence-electron chi connectivity index (χ3n) is 4.47. The summed E-state index contributed by atoms with van der Waals surface area (Å²) >= 11 is 2.07. The van der Waals surface area contributed by atoms with Crippen LogP contribution in [0.25, 0.3) is 0 Å². The van der Waals surface area contributed by atoms with Gasteiger partial charge in [-0.3, -0.25) is 4.90 Å². The molecule has 1 aliphatic rings. The molecule has 1 fully saturated rings. The van der Waals surface area contributed by atoms with Crippen molar-refractivity contribution in [3.8, 4) is 0 Å². The van der Waals surface area contributed by atoms with Crippen molar-refractivity contribution in [2.45, 2.75) is 71.5 Å². The van der Waals surface area contributed by atoms with Crippen LogP contribution in [0.2, 0.25) is 0 Å². The van der Waals surface area contributed by atoms with Crippen LogP contribution < -0.4 is 5.32 Å². The Hall–Kier alpha value is 0.270. The Morgan fingerprint density at radius 3 is 2.67 bits per heavy atom. The second kappa shape index (κ2) is 7.76. The van der Waals surface area contributed by atoms with E-state index in [4.69, 9.17) is 0 Å². The third kappa shape index (κ3) is 4.43. The Kier molecular flexibility index (Phi) is 7.04. The first-order chi connectivity index (χ1) is 8.56. The molecule has 2 nitrogen and oxygen atoms in total. The molecule has 1 rings (SSSR count). The molecule has 1 saturated heterocycles. The van der Waals surface area contributed by atoms with Gasteiger partial charge < -0.3 is 5.32 Å². The quantitative estimate of drug-likeness (QED) is 0.715. The van der Waals surface area contributed by atoms with Gasteiger partial charge in [0.25, 0.3) is 0 Å². The first-order valence-corrected chi connectivity index (χ1v) is 8.80. The van der Waals surface area contributed by atoms with Crippen molar-refractivity contribution < 1.29 is 0 Å². The number of hydrogen-bond acceptors (Lipinski definition) is 3. The maximum atomic E-state index is 3.75. The highest BCUT2D eigenvalue weighted by Crippen LogP contribution is 2.24. The van der Waals surface area contributed by atoms with Crippen molar-refractivity contribution in [3.05, 3.63) is 0 Å². The highest BCUT2D eigenvalue weighted by Gasteiger charge is 2.35. The SMILES string of the molecule is CCSCCC(C)N1CC(C)(CC)NCC1CC. The van der Waals surface area contributed by atoms with E-state index in [1.165, 1.54) is 37.3 Å². The van der Waals surface area contributed by atoms with Crippen LogP contribution in [-0.2, 0) is 0 Å². The van der Waals surface area contributed by atoms with E-state index >= 15 is 0 Å².